The molecule has 1 fully saturated rings. The van der Waals surface area contributed by atoms with Crippen molar-refractivity contribution in [2.24, 2.45) is 0 Å². The van der Waals surface area contributed by atoms with E-state index in [0.29, 0.717) is 25.9 Å². The first kappa shape index (κ1) is 19.8. The van der Waals surface area contributed by atoms with Gasteiger partial charge in [0, 0.05) is 37.5 Å². The Labute approximate surface area is 158 Å². The Hall–Kier alpha value is -2.98. The van der Waals surface area contributed by atoms with Crippen molar-refractivity contribution in [2.75, 3.05) is 18.0 Å². The molecule has 8 nitrogen and oxygen atoms in total. The number of hydrogen-bond acceptors (Lipinski definition) is 6. The van der Waals surface area contributed by atoms with Crippen LogP contribution in [0.5, 0.6) is 0 Å². The van der Waals surface area contributed by atoms with Gasteiger partial charge >= 0.3 is 6.18 Å². The average molecular weight is 396 g/mol. The monoisotopic (exact) mass is 396 g/mol. The molecule has 1 saturated heterocycles. The molecule has 1 N–H and O–H groups in total. The Morgan fingerprint density at radius 1 is 1.29 bits per heavy atom. The number of hydrogen-bond donors (Lipinski definition) is 1. The number of anilines is 1. The fourth-order valence-electron chi connectivity index (χ4n) is 3.03. The van der Waals surface area contributed by atoms with Gasteiger partial charge in [0.2, 0.25) is 5.91 Å². The number of piperidine rings is 1. The normalized spacial score (nSPS) is 15.5. The van der Waals surface area contributed by atoms with Gasteiger partial charge in [-0.2, -0.15) is 18.3 Å². The van der Waals surface area contributed by atoms with Gasteiger partial charge in [0.25, 0.3) is 5.56 Å². The Morgan fingerprint density at radius 2 is 2.00 bits per heavy atom. The molecule has 11 heteroatoms. The molecule has 0 spiro atoms. The van der Waals surface area contributed by atoms with Crippen molar-refractivity contribution in [1.29, 1.82) is 0 Å². The van der Waals surface area contributed by atoms with Crippen molar-refractivity contribution in [2.45, 2.75) is 38.5 Å². The predicted molar refractivity (Wildman–Crippen MR) is 93.6 cm³/mol. The van der Waals surface area contributed by atoms with Crippen molar-refractivity contribution >= 4 is 11.7 Å². The highest BCUT2D eigenvalue weighted by atomic mass is 19.4. The first-order valence-corrected chi connectivity index (χ1v) is 8.72. The maximum Gasteiger partial charge on any atom is 0.433 e. The number of nitrogens with one attached hydrogen (secondary N) is 1. The number of alkyl halides is 3. The summed E-state index contributed by atoms with van der Waals surface area (Å²) in [4.78, 5) is 33.0. The zero-order chi connectivity index (χ0) is 20.3. The fraction of sp³-hybridized carbons (Fsp3) is 0.471. The Bertz CT molecular complexity index is 906. The molecule has 2 aromatic rings. The molecule has 3 heterocycles. The molecule has 28 heavy (non-hydrogen) atoms. The maximum atomic E-state index is 12.9. The van der Waals surface area contributed by atoms with Crippen LogP contribution in [0.3, 0.4) is 0 Å². The summed E-state index contributed by atoms with van der Waals surface area (Å²) in [6.07, 6.45) is -2.01. The van der Waals surface area contributed by atoms with Gasteiger partial charge in [-0.1, -0.05) is 0 Å². The Kier molecular flexibility index (Phi) is 5.61. The van der Waals surface area contributed by atoms with Crippen LogP contribution in [-0.4, -0.2) is 44.8 Å². The van der Waals surface area contributed by atoms with Gasteiger partial charge in [0.05, 0.1) is 0 Å². The van der Waals surface area contributed by atoms with Gasteiger partial charge in [-0.15, -0.1) is 0 Å². The Balaban J connectivity index is 1.58. The molecule has 0 aliphatic carbocycles. The third kappa shape index (κ3) is 4.84. The highest BCUT2D eigenvalue weighted by Gasteiger charge is 2.34. The summed E-state index contributed by atoms with van der Waals surface area (Å²) in [5, 5.41) is 6.66. The first-order chi connectivity index (χ1) is 13.2. The third-order valence-electron chi connectivity index (χ3n) is 4.38. The number of rotatable bonds is 4. The van der Waals surface area contributed by atoms with Crippen molar-refractivity contribution in [3.8, 4) is 0 Å². The number of amides is 1. The van der Waals surface area contributed by atoms with Gasteiger partial charge < -0.3 is 10.2 Å². The van der Waals surface area contributed by atoms with Crippen LogP contribution in [0.15, 0.2) is 29.2 Å². The quantitative estimate of drug-likeness (QED) is 0.833. The molecule has 1 aliphatic heterocycles. The van der Waals surface area contributed by atoms with E-state index in [1.54, 1.807) is 4.90 Å². The minimum absolute atomic E-state index is 0.0565. The molecule has 0 unspecified atom stereocenters. The van der Waals surface area contributed by atoms with Crippen molar-refractivity contribution in [1.82, 2.24) is 25.1 Å². The minimum atomic E-state index is -4.53. The number of aryl methyl sites for hydroxylation is 1. The molecule has 0 atom stereocenters. The largest absolute Gasteiger partial charge is 0.433 e. The van der Waals surface area contributed by atoms with E-state index in [2.05, 4.69) is 20.4 Å². The second-order valence-corrected chi connectivity index (χ2v) is 6.50. The molecule has 1 amide bonds. The lowest BCUT2D eigenvalue weighted by molar-refractivity contribution is -0.141. The number of aromatic nitrogens is 4. The summed E-state index contributed by atoms with van der Waals surface area (Å²) in [6.45, 7) is 2.13. The van der Waals surface area contributed by atoms with Crippen molar-refractivity contribution in [3.63, 3.8) is 0 Å². The highest BCUT2D eigenvalue weighted by Crippen LogP contribution is 2.30. The summed E-state index contributed by atoms with van der Waals surface area (Å²) < 4.78 is 39.9. The van der Waals surface area contributed by atoms with E-state index in [0.717, 1.165) is 10.7 Å². The van der Waals surface area contributed by atoms with Crippen LogP contribution in [-0.2, 0) is 17.5 Å². The Morgan fingerprint density at radius 3 is 2.64 bits per heavy atom. The molecular formula is C17H19F3N6O2. The molecule has 3 rings (SSSR count). The van der Waals surface area contributed by atoms with Crippen LogP contribution < -0.4 is 15.8 Å². The third-order valence-corrected chi connectivity index (χ3v) is 4.38. The lowest BCUT2D eigenvalue weighted by atomic mass is 10.0. The number of nitrogens with zero attached hydrogens (tertiary/aromatic N) is 5. The van der Waals surface area contributed by atoms with Gasteiger partial charge in [0.1, 0.15) is 23.9 Å². The zero-order valence-electron chi connectivity index (χ0n) is 15.1. The first-order valence-electron chi connectivity index (χ1n) is 8.72. The zero-order valence-corrected chi connectivity index (χ0v) is 15.1. The SMILES string of the molecule is Cc1nc(N2CCC(NC(=O)Cn3ncccc3=O)CC2)cc(C(F)(F)F)n1. The van der Waals surface area contributed by atoms with E-state index >= 15 is 0 Å². The van der Waals surface area contributed by atoms with Crippen LogP contribution in [0.1, 0.15) is 24.4 Å². The second-order valence-electron chi connectivity index (χ2n) is 6.50. The minimum Gasteiger partial charge on any atom is -0.356 e. The van der Waals surface area contributed by atoms with Crippen molar-refractivity contribution < 1.29 is 18.0 Å². The maximum absolute atomic E-state index is 12.9. The van der Waals surface area contributed by atoms with E-state index in [1.165, 1.54) is 25.3 Å². The van der Waals surface area contributed by atoms with Crippen LogP contribution in [0, 0.1) is 6.92 Å². The lowest BCUT2D eigenvalue weighted by Gasteiger charge is -2.33. The van der Waals surface area contributed by atoms with Crippen LogP contribution >= 0.6 is 0 Å². The van der Waals surface area contributed by atoms with Gasteiger partial charge in [-0.3, -0.25) is 9.59 Å². The topological polar surface area (TPSA) is 93.0 Å². The molecule has 150 valence electrons. The summed E-state index contributed by atoms with van der Waals surface area (Å²) >= 11 is 0. The summed E-state index contributed by atoms with van der Waals surface area (Å²) in [5.74, 6) is -0.0535. The van der Waals surface area contributed by atoms with Gasteiger partial charge in [0.15, 0.2) is 0 Å². The fourth-order valence-corrected chi connectivity index (χ4v) is 3.03. The van der Waals surface area contributed by atoms with E-state index in [-0.39, 0.29) is 35.7 Å². The predicted octanol–water partition coefficient (Wildman–Crippen LogP) is 1.15. The lowest BCUT2D eigenvalue weighted by Crippen LogP contribution is -2.46. The highest BCUT2D eigenvalue weighted by molar-refractivity contribution is 5.76. The molecule has 0 radical (unpaired) electrons. The van der Waals surface area contributed by atoms with Crippen LogP contribution in [0.25, 0.3) is 0 Å². The molecule has 0 bridgehead atoms. The molecule has 1 aliphatic rings. The van der Waals surface area contributed by atoms with Crippen LogP contribution in [0.4, 0.5) is 19.0 Å². The van der Waals surface area contributed by atoms with E-state index < -0.39 is 11.9 Å². The van der Waals surface area contributed by atoms with E-state index in [9.17, 15) is 22.8 Å². The summed E-state index contributed by atoms with van der Waals surface area (Å²) in [7, 11) is 0. The van der Waals surface area contributed by atoms with E-state index in [1.807, 2.05) is 0 Å². The van der Waals surface area contributed by atoms with Gasteiger partial charge in [-0.05, 0) is 25.8 Å². The van der Waals surface area contributed by atoms with Crippen molar-refractivity contribution in [3.05, 3.63) is 46.3 Å². The summed E-state index contributed by atoms with van der Waals surface area (Å²) in [5.41, 5.74) is -1.33. The smallest absolute Gasteiger partial charge is 0.356 e. The molecule has 0 saturated carbocycles. The standard InChI is InChI=1S/C17H19F3N6O2/c1-11-22-13(17(18,19)20)9-14(23-11)25-7-4-12(5-8-25)24-15(27)10-26-16(28)3-2-6-21-26/h2-3,6,9,12H,4-5,7-8,10H2,1H3,(H,24,27). The molecular weight excluding hydrogens is 377 g/mol. The summed E-state index contributed by atoms with van der Waals surface area (Å²) in [6, 6.07) is 3.62. The number of carbonyl (C=O) groups excluding carboxylic acids is 1. The van der Waals surface area contributed by atoms with E-state index in [4.69, 9.17) is 0 Å². The number of carbonyl (C=O) groups is 1. The average Bonchev–Trinajstić information content (AvgIpc) is 2.63. The molecule has 0 aromatic carbocycles. The number of halogens is 3. The van der Waals surface area contributed by atoms with Crippen LogP contribution in [0.2, 0.25) is 0 Å². The van der Waals surface area contributed by atoms with Gasteiger partial charge in [-0.25, -0.2) is 14.6 Å². The molecule has 2 aromatic heterocycles. The second kappa shape index (κ2) is 7.95.